The van der Waals surface area contributed by atoms with Crippen LogP contribution in [0.3, 0.4) is 0 Å². The summed E-state index contributed by atoms with van der Waals surface area (Å²) in [7, 11) is 13.2. The Kier molecular flexibility index (Phi) is 7.95. The molecule has 4 aromatic carbocycles. The maximum Gasteiger partial charge on any atom is 0.203 e. The highest BCUT2D eigenvalue weighted by Crippen LogP contribution is 2.53. The normalized spacial score (nSPS) is 10.9. The molecule has 41 heavy (non-hydrogen) atoms. The Labute approximate surface area is 240 Å². The highest BCUT2D eigenvalue weighted by molar-refractivity contribution is 7.43. The van der Waals surface area contributed by atoms with Crippen molar-refractivity contribution in [2.45, 2.75) is 0 Å². The van der Waals surface area contributed by atoms with Gasteiger partial charge in [-0.2, -0.15) is 0 Å². The largest absolute Gasteiger partial charge is 0.496 e. The van der Waals surface area contributed by atoms with Crippen LogP contribution >= 0.6 is 8.19 Å². The van der Waals surface area contributed by atoms with E-state index in [0.29, 0.717) is 46.0 Å². The second-order valence-corrected chi connectivity index (χ2v) is 10.4. The number of rotatable bonds is 8. The third kappa shape index (κ3) is 4.39. The summed E-state index contributed by atoms with van der Waals surface area (Å²) in [5.41, 5.74) is 0. The maximum absolute atomic E-state index is 6.06. The van der Waals surface area contributed by atoms with E-state index in [2.05, 4.69) is 12.1 Å². The molecule has 0 spiro atoms. The van der Waals surface area contributed by atoms with Gasteiger partial charge in [-0.15, -0.1) is 8.19 Å². The molecule has 5 aromatic rings. The van der Waals surface area contributed by atoms with Gasteiger partial charge in [0.15, 0.2) is 23.0 Å². The lowest BCUT2D eigenvalue weighted by Gasteiger charge is -2.16. The quantitative estimate of drug-likeness (QED) is 0.188. The Morgan fingerprint density at radius 3 is 1.07 bits per heavy atom. The van der Waals surface area contributed by atoms with E-state index in [4.69, 9.17) is 37.9 Å². The van der Waals surface area contributed by atoms with Gasteiger partial charge in [-0.3, -0.25) is 0 Å². The summed E-state index contributed by atoms with van der Waals surface area (Å²) in [4.78, 5) is 0. The SMILES string of the molecule is COc1cc2[pH]c3cc(OC)c(OC)c(OC)c3c3cccc(OC)c3c3c(OC)cccc3c2c(OC)c1OC. The lowest BCUT2D eigenvalue weighted by atomic mass is 9.98. The van der Waals surface area contributed by atoms with E-state index in [1.807, 2.05) is 36.4 Å². The Morgan fingerprint density at radius 1 is 0.390 bits per heavy atom. The summed E-state index contributed by atoms with van der Waals surface area (Å²) in [6.45, 7) is 0. The van der Waals surface area contributed by atoms with Crippen LogP contribution in [0, 0.1) is 0 Å². The van der Waals surface area contributed by atoms with Gasteiger partial charge < -0.3 is 37.9 Å². The highest BCUT2D eigenvalue weighted by atomic mass is 31.0. The summed E-state index contributed by atoms with van der Waals surface area (Å²) in [5.74, 6) is 4.55. The molecule has 0 radical (unpaired) electrons. The van der Waals surface area contributed by atoms with Gasteiger partial charge in [0.2, 0.25) is 11.5 Å². The predicted octanol–water partition coefficient (Wildman–Crippen LogP) is 7.52. The van der Waals surface area contributed by atoms with Gasteiger partial charge in [0.1, 0.15) is 11.5 Å². The van der Waals surface area contributed by atoms with Crippen molar-refractivity contribution in [3.8, 4) is 46.0 Å². The summed E-state index contributed by atoms with van der Waals surface area (Å²) in [6, 6.07) is 15.9. The van der Waals surface area contributed by atoms with Crippen LogP contribution in [0.15, 0.2) is 48.5 Å². The van der Waals surface area contributed by atoms with Crippen molar-refractivity contribution in [2.24, 2.45) is 0 Å². The van der Waals surface area contributed by atoms with Crippen LogP contribution in [0.4, 0.5) is 0 Å². The van der Waals surface area contributed by atoms with Crippen molar-refractivity contribution in [3.05, 3.63) is 48.5 Å². The minimum Gasteiger partial charge on any atom is -0.496 e. The second kappa shape index (κ2) is 11.6. The molecule has 0 bridgehead atoms. The van der Waals surface area contributed by atoms with Crippen LogP contribution in [0.5, 0.6) is 46.0 Å². The molecule has 0 N–H and O–H groups in total. The second-order valence-electron chi connectivity index (χ2n) is 9.03. The summed E-state index contributed by atoms with van der Waals surface area (Å²) in [6.07, 6.45) is 0. The zero-order chi connectivity index (χ0) is 29.3. The molecule has 0 amide bonds. The lowest BCUT2D eigenvalue weighted by Crippen LogP contribution is -1.96. The van der Waals surface area contributed by atoms with Gasteiger partial charge in [-0.25, -0.2) is 0 Å². The zero-order valence-electron chi connectivity index (χ0n) is 24.4. The average Bonchev–Trinajstić information content (AvgIpc) is 3.06. The topological polar surface area (TPSA) is 73.8 Å². The van der Waals surface area contributed by atoms with Crippen molar-refractivity contribution in [2.75, 3.05) is 56.9 Å². The van der Waals surface area contributed by atoms with Crippen molar-refractivity contribution in [1.29, 1.82) is 0 Å². The first-order valence-electron chi connectivity index (χ1n) is 12.8. The number of hydrogen-bond acceptors (Lipinski definition) is 8. The van der Waals surface area contributed by atoms with E-state index in [0.717, 1.165) is 42.6 Å². The van der Waals surface area contributed by atoms with Gasteiger partial charge >= 0.3 is 0 Å². The summed E-state index contributed by atoms with van der Waals surface area (Å²) in [5, 5.41) is 7.11. The van der Waals surface area contributed by atoms with Crippen molar-refractivity contribution >= 4 is 50.7 Å². The van der Waals surface area contributed by atoms with Crippen LogP contribution in [-0.4, -0.2) is 56.9 Å². The van der Waals surface area contributed by atoms with Crippen molar-refractivity contribution < 1.29 is 37.9 Å². The maximum atomic E-state index is 6.06. The van der Waals surface area contributed by atoms with Crippen LogP contribution < -0.4 is 37.9 Å². The number of fused-ring (bicyclic) bond motifs is 7. The fourth-order valence-electron chi connectivity index (χ4n) is 5.52. The van der Waals surface area contributed by atoms with Gasteiger partial charge in [0, 0.05) is 31.8 Å². The van der Waals surface area contributed by atoms with Gasteiger partial charge in [0.05, 0.1) is 56.9 Å². The summed E-state index contributed by atoms with van der Waals surface area (Å²) < 4.78 is 47.3. The molecule has 0 saturated heterocycles. The molecule has 0 atom stereocenters. The molecular formula is C32H33O8P. The molecule has 0 aliphatic rings. The van der Waals surface area contributed by atoms with Crippen LogP contribution in [-0.2, 0) is 0 Å². The molecule has 1 aromatic heterocycles. The molecule has 9 heteroatoms. The third-order valence-electron chi connectivity index (χ3n) is 7.21. The average molecular weight is 577 g/mol. The Morgan fingerprint density at radius 2 is 0.756 bits per heavy atom. The number of hydrogen-bond donors (Lipinski definition) is 0. The molecule has 1 heterocycles. The zero-order valence-corrected chi connectivity index (χ0v) is 25.4. The molecular weight excluding hydrogens is 543 g/mol. The molecule has 0 unspecified atom stereocenters. The monoisotopic (exact) mass is 576 g/mol. The first-order chi connectivity index (χ1) is 20.0. The molecule has 0 fully saturated rings. The highest BCUT2D eigenvalue weighted by Gasteiger charge is 2.23. The molecule has 5 rings (SSSR count). The molecule has 0 aliphatic carbocycles. The third-order valence-corrected chi connectivity index (χ3v) is 8.54. The molecule has 0 aliphatic heterocycles. The van der Waals surface area contributed by atoms with Crippen LogP contribution in [0.2, 0.25) is 0 Å². The fraction of sp³-hybridized carbons (Fsp3) is 0.250. The van der Waals surface area contributed by atoms with Crippen molar-refractivity contribution in [3.63, 3.8) is 0 Å². The Hall–Kier alpha value is -4.42. The van der Waals surface area contributed by atoms with Crippen LogP contribution in [0.25, 0.3) is 42.6 Å². The lowest BCUT2D eigenvalue weighted by molar-refractivity contribution is 0.327. The predicted molar refractivity (Wildman–Crippen MR) is 166 cm³/mol. The van der Waals surface area contributed by atoms with E-state index in [1.165, 1.54) is 0 Å². The van der Waals surface area contributed by atoms with Gasteiger partial charge in [-0.05, 0) is 35.0 Å². The van der Waals surface area contributed by atoms with E-state index < -0.39 is 0 Å². The smallest absolute Gasteiger partial charge is 0.203 e. The molecule has 214 valence electrons. The van der Waals surface area contributed by atoms with E-state index in [9.17, 15) is 0 Å². The number of ether oxygens (including phenoxy) is 8. The first-order valence-corrected chi connectivity index (χ1v) is 13.8. The standard InChI is InChI=1S/C32H33O8P/c1-33-19-13-9-11-17-25(19)26-18(12-10-14-20(26)34-2)28-24(16-22(36-4)30(38-6)32(28)40-8)41-23-15-21(35-3)29(37-5)31(39-7)27(17)23/h9-16,41H,1-8H3. The first kappa shape index (κ1) is 28.1. The minimum absolute atomic E-state index is 0.127. The molecule has 8 nitrogen and oxygen atoms in total. The van der Waals surface area contributed by atoms with Crippen molar-refractivity contribution in [1.82, 2.24) is 0 Å². The van der Waals surface area contributed by atoms with E-state index in [1.54, 1.807) is 56.9 Å². The van der Waals surface area contributed by atoms with Gasteiger partial charge in [0.25, 0.3) is 0 Å². The Balaban J connectivity index is 2.35. The van der Waals surface area contributed by atoms with Crippen LogP contribution in [0.1, 0.15) is 0 Å². The number of benzene rings is 4. The fourth-order valence-corrected chi connectivity index (χ4v) is 6.97. The number of methoxy groups -OCH3 is 8. The van der Waals surface area contributed by atoms with E-state index in [-0.39, 0.29) is 8.19 Å². The summed E-state index contributed by atoms with van der Waals surface area (Å²) >= 11 is 0. The Bertz CT molecular complexity index is 1710. The van der Waals surface area contributed by atoms with E-state index >= 15 is 0 Å². The van der Waals surface area contributed by atoms with Gasteiger partial charge in [-0.1, -0.05) is 24.3 Å². The minimum atomic E-state index is 0.127. The molecule has 0 saturated carbocycles.